The van der Waals surface area contributed by atoms with Crippen LogP contribution in [-0.4, -0.2) is 78.1 Å². The Balaban J connectivity index is 0.000000296. The monoisotopic (exact) mass is 1320 g/mol. The maximum absolute atomic E-state index is 12.7. The first-order chi connectivity index (χ1) is 42.3. The maximum Gasteiger partial charge on any atom is 2.00 e. The van der Waals surface area contributed by atoms with Crippen LogP contribution in [-0.2, 0) is 54.5 Å². The van der Waals surface area contributed by atoms with Crippen molar-refractivity contribution < 1.29 is 74.4 Å². The van der Waals surface area contributed by atoms with Crippen molar-refractivity contribution in [1.29, 1.82) is 10.8 Å². The zero-order chi connectivity index (χ0) is 63.1. The zero-order valence-electron chi connectivity index (χ0n) is 46.8. The van der Waals surface area contributed by atoms with Gasteiger partial charge in [0.1, 0.15) is 28.5 Å². The summed E-state index contributed by atoms with van der Waals surface area (Å²) in [6.07, 6.45) is 12.1. The molecular weight excluding hydrogens is 1270 g/mol. The molecule has 0 atom stereocenters. The third-order valence-corrected chi connectivity index (χ3v) is 13.2. The molecule has 0 amide bonds. The predicted octanol–water partition coefficient (Wildman–Crippen LogP) is 15.8. The van der Waals surface area contributed by atoms with Gasteiger partial charge in [0.2, 0.25) is 0 Å². The van der Waals surface area contributed by atoms with Crippen molar-refractivity contribution in [3.63, 3.8) is 0 Å². The molecule has 0 aliphatic carbocycles. The molecule has 0 aliphatic heterocycles. The first-order valence-corrected chi connectivity index (χ1v) is 27.3. The molecule has 25 heteroatoms. The summed E-state index contributed by atoms with van der Waals surface area (Å²) in [5.41, 5.74) is 15.3. The number of carbonyl (C=O) groups excluding carboxylic acids is 3. The Bertz CT molecular complexity index is 3770. The Kier molecular flexibility index (Phi) is 25.2. The molecule has 454 valence electrons. The second-order valence-electron chi connectivity index (χ2n) is 18.5. The van der Waals surface area contributed by atoms with Crippen LogP contribution >= 0.6 is 11.3 Å². The van der Waals surface area contributed by atoms with E-state index in [1.54, 1.807) is 164 Å². The molecule has 0 aromatic carbocycles. The number of pyridine rings is 7. The number of carbonyl (C=O) groups is 3. The second kappa shape index (κ2) is 33.0. The van der Waals surface area contributed by atoms with E-state index in [4.69, 9.17) is 41.5 Å². The largest absolute Gasteiger partial charge is 2.00 e. The smallest absolute Gasteiger partial charge is 0.697 e. The van der Waals surface area contributed by atoms with Gasteiger partial charge in [-0.2, -0.15) is 26.3 Å². The number of allylic oxidation sites excluding steroid dienone is 2. The summed E-state index contributed by atoms with van der Waals surface area (Å²) in [4.78, 5) is 66.9. The number of hydrogen-bond acceptors (Lipinski definition) is 16. The van der Waals surface area contributed by atoms with Crippen molar-refractivity contribution in [3.05, 3.63) is 230 Å². The molecule has 0 bridgehead atoms. The summed E-state index contributed by atoms with van der Waals surface area (Å²) in [5, 5.41) is 14.2. The minimum Gasteiger partial charge on any atom is -0.697 e. The van der Waals surface area contributed by atoms with Gasteiger partial charge in [-0.15, -0.1) is 22.7 Å². The van der Waals surface area contributed by atoms with Gasteiger partial charge < -0.3 is 25.7 Å². The van der Waals surface area contributed by atoms with E-state index in [1.165, 1.54) is 17.0 Å². The Morgan fingerprint density at radius 2 is 0.933 bits per heavy atom. The van der Waals surface area contributed by atoms with Crippen LogP contribution in [0.1, 0.15) is 93.1 Å². The van der Waals surface area contributed by atoms with E-state index in [1.807, 2.05) is 12.1 Å². The van der Waals surface area contributed by atoms with E-state index >= 15 is 0 Å². The third kappa shape index (κ3) is 20.7. The molecule has 89 heavy (non-hydrogen) atoms. The molecule has 4 N–H and O–H groups in total. The molecular formula is C64H51F6N11O6RuS. The fourth-order valence-corrected chi connectivity index (χ4v) is 8.90. The molecule has 0 radical (unpaired) electrons. The zero-order valence-corrected chi connectivity index (χ0v) is 49.3. The molecule has 8 heterocycles. The van der Waals surface area contributed by atoms with Gasteiger partial charge in [0, 0.05) is 52.1 Å². The fraction of sp³-hybridized carbons (Fsp3) is 0.125. The van der Waals surface area contributed by atoms with E-state index in [0.29, 0.717) is 76.0 Å². The van der Waals surface area contributed by atoms with Crippen molar-refractivity contribution in [2.24, 2.45) is 0 Å². The molecule has 0 aliphatic rings. The van der Waals surface area contributed by atoms with Crippen molar-refractivity contribution in [2.75, 3.05) is 0 Å². The van der Waals surface area contributed by atoms with Crippen LogP contribution < -0.4 is 0 Å². The van der Waals surface area contributed by atoms with Crippen LogP contribution in [0, 0.1) is 10.8 Å². The molecule has 8 rings (SSSR count). The molecule has 0 fully saturated rings. The van der Waals surface area contributed by atoms with Gasteiger partial charge >= 0.3 is 31.8 Å². The minimum atomic E-state index is -5.00. The number of unbranched alkanes of at least 4 members (excludes halogenated alkanes) is 3. The predicted molar refractivity (Wildman–Crippen MR) is 326 cm³/mol. The van der Waals surface area contributed by atoms with Gasteiger partial charge in [0.25, 0.3) is 19.4 Å². The number of nitrogens with zero attached hydrogens (tertiary/aromatic N) is 7. The number of thiophene rings is 1. The number of hydrogen-bond donors (Lipinski definition) is 2. The second-order valence-corrected chi connectivity index (χ2v) is 19.7. The van der Waals surface area contributed by atoms with Gasteiger partial charge in [-0.3, -0.25) is 55.1 Å². The summed E-state index contributed by atoms with van der Waals surface area (Å²) in [7, 11) is 0. The average molecular weight is 1320 g/mol. The molecule has 8 aromatic rings. The Labute approximate surface area is 523 Å². The van der Waals surface area contributed by atoms with Crippen LogP contribution in [0.5, 0.6) is 0 Å². The average Bonchev–Trinajstić information content (AvgIpc) is 3.59. The molecule has 8 aromatic heterocycles. The number of rotatable bonds is 25. The van der Waals surface area contributed by atoms with Gasteiger partial charge in [-0.25, -0.2) is 4.98 Å². The Morgan fingerprint density at radius 3 is 1.34 bits per heavy atom. The number of alkyl halides is 6. The number of aromatic nitrogens is 7. The molecule has 0 saturated carbocycles. The number of ether oxygens (including phenoxy) is 3. The number of halogens is 6. The summed E-state index contributed by atoms with van der Waals surface area (Å²) in [6.45, 7) is 3.14. The fourth-order valence-electron chi connectivity index (χ4n) is 7.94. The summed E-state index contributed by atoms with van der Waals surface area (Å²) < 4.78 is 92.3. The van der Waals surface area contributed by atoms with Gasteiger partial charge in [-0.1, -0.05) is 50.5 Å². The van der Waals surface area contributed by atoms with Gasteiger partial charge in [0.05, 0.1) is 22.8 Å². The van der Waals surface area contributed by atoms with E-state index in [-0.39, 0.29) is 65.9 Å². The maximum atomic E-state index is 12.7. The summed E-state index contributed by atoms with van der Waals surface area (Å²) in [6, 6.07) is 32.8. The molecule has 0 unspecified atom stereocenters. The van der Waals surface area contributed by atoms with Gasteiger partial charge in [-0.05, 0) is 169 Å². The van der Waals surface area contributed by atoms with Crippen LogP contribution in [0.3, 0.4) is 0 Å². The summed E-state index contributed by atoms with van der Waals surface area (Å²) >= 11 is 1.55. The van der Waals surface area contributed by atoms with Crippen LogP contribution in [0.2, 0.25) is 0 Å². The van der Waals surface area contributed by atoms with Crippen molar-refractivity contribution in [1.82, 2.24) is 34.9 Å². The minimum absolute atomic E-state index is 0. The SMILES string of the molecule is CCCCCCc1ccc(/C=C/c2cc(/C([NH-])=C/C(=N)C(F)(F)F)nc(/C([NH-])=C/C(=N)C(F)(F)F)c2)s1.O=CO/C(=C/c1ccnc(-c2cc(/C=C(/OC=O)c3ccccn3)cc(-c3cc(/C=C(/OC=O)c4ccccn4)ccn3)n2)c1)c1ccccn1.[Ru+2]. The Morgan fingerprint density at radius 1 is 0.494 bits per heavy atom. The standard InChI is InChI=1S/C39H26N6O6.C25H25F6N5S.Ru/c46-24-49-37(30-7-1-4-12-40-30)21-27-10-15-43-33(17-27)35-19-29(23-39(51-26-48)32-9-3-6-14-42-32)20-36(45-35)34-18-28(11-16-44-34)22-38(50-25-47)31-8-2-5-13-41-31;1-2-3-4-5-6-16-9-10-17(37-16)8-7-15-11-20(18(32)13-22(34)24(26,27)28)36-21(12-15)19(33)14-23(35)25(29,30)31;/h1-26H;7-14,32-35H,2-6H2,1H3;/q;-2;+2/b37-21+,38-22+,39-23+;8-7+,18-13-,19-14-,34-22?,35-23?;. The topological polar surface area (TPSA) is 264 Å². The first kappa shape index (κ1) is 67.9. The third-order valence-electron chi connectivity index (χ3n) is 12.1. The first-order valence-electron chi connectivity index (χ1n) is 26.5. The quantitative estimate of drug-likeness (QED) is 0.0103. The van der Waals surface area contributed by atoms with Crippen LogP contribution in [0.4, 0.5) is 26.3 Å². The number of nitrogens with one attached hydrogen (secondary N) is 4. The van der Waals surface area contributed by atoms with E-state index < -0.39 is 35.2 Å². The Hall–Kier alpha value is -10.3. The van der Waals surface area contributed by atoms with Crippen LogP contribution in [0.25, 0.3) is 93.3 Å². The van der Waals surface area contributed by atoms with Crippen molar-refractivity contribution >= 4 is 101 Å². The van der Waals surface area contributed by atoms with Crippen molar-refractivity contribution in [3.8, 4) is 22.8 Å². The normalized spacial score (nSPS) is 12.3. The number of aryl methyl sites for hydroxylation is 1. The molecule has 17 nitrogen and oxygen atoms in total. The molecule has 0 saturated heterocycles. The molecule has 0 spiro atoms. The van der Waals surface area contributed by atoms with E-state index in [2.05, 4.69) is 36.8 Å². The summed E-state index contributed by atoms with van der Waals surface area (Å²) in [5.74, 6) is 0.702. The van der Waals surface area contributed by atoms with E-state index in [9.17, 15) is 40.7 Å². The van der Waals surface area contributed by atoms with E-state index in [0.717, 1.165) is 37.0 Å². The van der Waals surface area contributed by atoms with Crippen LogP contribution in [0.15, 0.2) is 158 Å². The van der Waals surface area contributed by atoms with Crippen molar-refractivity contribution in [2.45, 2.75) is 51.4 Å². The van der Waals surface area contributed by atoms with Gasteiger partial charge in [0.15, 0.2) is 17.3 Å².